The number of hydrogen-bond acceptors (Lipinski definition) is 5. The third kappa shape index (κ3) is 2.86. The van der Waals surface area contributed by atoms with E-state index in [1.54, 1.807) is 19.2 Å². The normalized spacial score (nSPS) is 10.1. The molecule has 4 N–H and O–H groups in total. The molecule has 0 aliphatic carbocycles. The first-order chi connectivity index (χ1) is 6.77. The summed E-state index contributed by atoms with van der Waals surface area (Å²) in [4.78, 5) is 4.17. The molecule has 0 atom stereocenters. The summed E-state index contributed by atoms with van der Waals surface area (Å²) >= 11 is 0. The van der Waals surface area contributed by atoms with Gasteiger partial charge in [-0.05, 0) is 6.07 Å². The molecule has 0 aliphatic rings. The zero-order valence-electron chi connectivity index (χ0n) is 8.16. The molecule has 0 fully saturated rings. The van der Waals surface area contributed by atoms with Crippen molar-refractivity contribution in [2.75, 3.05) is 26.0 Å². The lowest BCUT2D eigenvalue weighted by Crippen LogP contribution is -2.19. The van der Waals surface area contributed by atoms with Crippen LogP contribution in [0.5, 0.6) is 5.88 Å². The standard InChI is InChI=1S/C9H15N3O2/c1-14-9-3-2-7(10)8(12-9)6-11-4-5-13/h2-3,11,13H,4-6,10H2,1H3. The predicted octanol–water partition coefficient (Wildman–Crippen LogP) is -0.246. The molecule has 1 aromatic heterocycles. The molecule has 0 amide bonds. The van der Waals surface area contributed by atoms with Crippen molar-refractivity contribution in [2.24, 2.45) is 0 Å². The van der Waals surface area contributed by atoms with Gasteiger partial charge in [-0.2, -0.15) is 0 Å². The van der Waals surface area contributed by atoms with Crippen LogP contribution in [0.2, 0.25) is 0 Å². The van der Waals surface area contributed by atoms with E-state index >= 15 is 0 Å². The van der Waals surface area contributed by atoms with Gasteiger partial charge in [0.1, 0.15) is 0 Å². The fourth-order valence-corrected chi connectivity index (χ4v) is 1.03. The predicted molar refractivity (Wildman–Crippen MR) is 54.0 cm³/mol. The van der Waals surface area contributed by atoms with Crippen molar-refractivity contribution >= 4 is 5.69 Å². The molecule has 0 unspecified atom stereocenters. The van der Waals surface area contributed by atoms with Crippen LogP contribution in [-0.2, 0) is 6.54 Å². The first-order valence-corrected chi connectivity index (χ1v) is 4.39. The van der Waals surface area contributed by atoms with E-state index in [-0.39, 0.29) is 6.61 Å². The van der Waals surface area contributed by atoms with Gasteiger partial charge in [0.2, 0.25) is 5.88 Å². The van der Waals surface area contributed by atoms with Crippen LogP contribution < -0.4 is 15.8 Å². The van der Waals surface area contributed by atoms with Crippen LogP contribution in [0.3, 0.4) is 0 Å². The average Bonchev–Trinajstić information content (AvgIpc) is 2.21. The van der Waals surface area contributed by atoms with Gasteiger partial charge in [0.15, 0.2) is 0 Å². The first-order valence-electron chi connectivity index (χ1n) is 4.39. The molecule has 0 radical (unpaired) electrons. The molecule has 0 saturated heterocycles. The summed E-state index contributed by atoms with van der Waals surface area (Å²) in [6.07, 6.45) is 0. The monoisotopic (exact) mass is 197 g/mol. The van der Waals surface area contributed by atoms with Crippen LogP contribution >= 0.6 is 0 Å². The Labute approximate surface area is 82.9 Å². The van der Waals surface area contributed by atoms with Crippen LogP contribution in [0, 0.1) is 0 Å². The van der Waals surface area contributed by atoms with Crippen molar-refractivity contribution in [3.63, 3.8) is 0 Å². The average molecular weight is 197 g/mol. The maximum atomic E-state index is 8.58. The number of nitrogens with zero attached hydrogens (tertiary/aromatic N) is 1. The Morgan fingerprint density at radius 1 is 1.57 bits per heavy atom. The van der Waals surface area contributed by atoms with Crippen molar-refractivity contribution in [3.8, 4) is 5.88 Å². The van der Waals surface area contributed by atoms with Crippen LogP contribution in [-0.4, -0.2) is 30.4 Å². The van der Waals surface area contributed by atoms with Gasteiger partial charge in [-0.15, -0.1) is 0 Å². The summed E-state index contributed by atoms with van der Waals surface area (Å²) in [7, 11) is 1.56. The van der Waals surface area contributed by atoms with Crippen molar-refractivity contribution in [3.05, 3.63) is 17.8 Å². The Balaban J connectivity index is 2.64. The van der Waals surface area contributed by atoms with E-state index in [1.807, 2.05) is 0 Å². The molecular weight excluding hydrogens is 182 g/mol. The Morgan fingerprint density at radius 2 is 2.36 bits per heavy atom. The highest BCUT2D eigenvalue weighted by atomic mass is 16.5. The summed E-state index contributed by atoms with van der Waals surface area (Å²) in [6, 6.07) is 3.46. The Kier molecular flexibility index (Phi) is 4.15. The Hall–Kier alpha value is -1.33. The van der Waals surface area contributed by atoms with E-state index in [0.717, 1.165) is 5.69 Å². The molecule has 0 spiro atoms. The smallest absolute Gasteiger partial charge is 0.213 e. The molecule has 0 aliphatic heterocycles. The van der Waals surface area contributed by atoms with Crippen molar-refractivity contribution in [1.29, 1.82) is 0 Å². The van der Waals surface area contributed by atoms with E-state index in [1.165, 1.54) is 0 Å². The van der Waals surface area contributed by atoms with Gasteiger partial charge in [-0.1, -0.05) is 0 Å². The number of nitrogens with one attached hydrogen (secondary N) is 1. The molecule has 1 heterocycles. The molecule has 0 bridgehead atoms. The number of pyridine rings is 1. The fraction of sp³-hybridized carbons (Fsp3) is 0.444. The number of aliphatic hydroxyl groups excluding tert-OH is 1. The fourth-order valence-electron chi connectivity index (χ4n) is 1.03. The van der Waals surface area contributed by atoms with E-state index < -0.39 is 0 Å². The molecule has 14 heavy (non-hydrogen) atoms. The van der Waals surface area contributed by atoms with E-state index in [4.69, 9.17) is 15.6 Å². The lowest BCUT2D eigenvalue weighted by Gasteiger charge is -2.07. The molecular formula is C9H15N3O2. The largest absolute Gasteiger partial charge is 0.481 e. The number of aromatic nitrogens is 1. The number of nitrogens with two attached hydrogens (primary N) is 1. The maximum Gasteiger partial charge on any atom is 0.213 e. The summed E-state index contributed by atoms with van der Waals surface area (Å²) in [6.45, 7) is 1.16. The highest BCUT2D eigenvalue weighted by molar-refractivity contribution is 5.44. The third-order valence-electron chi connectivity index (χ3n) is 1.77. The highest BCUT2D eigenvalue weighted by Crippen LogP contribution is 2.13. The van der Waals surface area contributed by atoms with Gasteiger partial charge in [0, 0.05) is 19.2 Å². The topological polar surface area (TPSA) is 80.4 Å². The number of nitrogen functional groups attached to an aromatic ring is 1. The van der Waals surface area contributed by atoms with Crippen molar-refractivity contribution < 1.29 is 9.84 Å². The van der Waals surface area contributed by atoms with Gasteiger partial charge in [0.05, 0.1) is 25.1 Å². The molecule has 5 nitrogen and oxygen atoms in total. The van der Waals surface area contributed by atoms with Crippen LogP contribution in [0.15, 0.2) is 12.1 Å². The number of ether oxygens (including phenoxy) is 1. The second-order valence-corrected chi connectivity index (χ2v) is 2.79. The Bertz CT molecular complexity index is 291. The van der Waals surface area contributed by atoms with Crippen LogP contribution in [0.4, 0.5) is 5.69 Å². The zero-order valence-corrected chi connectivity index (χ0v) is 8.16. The number of hydrogen-bond donors (Lipinski definition) is 3. The maximum absolute atomic E-state index is 8.58. The number of aliphatic hydroxyl groups is 1. The lowest BCUT2D eigenvalue weighted by atomic mass is 10.3. The number of methoxy groups -OCH3 is 1. The number of rotatable bonds is 5. The van der Waals surface area contributed by atoms with E-state index in [9.17, 15) is 0 Å². The summed E-state index contributed by atoms with van der Waals surface area (Å²) in [5.74, 6) is 0.542. The summed E-state index contributed by atoms with van der Waals surface area (Å²) < 4.78 is 4.97. The highest BCUT2D eigenvalue weighted by Gasteiger charge is 2.02. The minimum atomic E-state index is 0.101. The summed E-state index contributed by atoms with van der Waals surface area (Å²) in [5, 5.41) is 11.6. The van der Waals surface area contributed by atoms with Gasteiger partial charge >= 0.3 is 0 Å². The molecule has 1 rings (SSSR count). The first kappa shape index (κ1) is 10.7. The third-order valence-corrected chi connectivity index (χ3v) is 1.77. The van der Waals surface area contributed by atoms with Gasteiger partial charge < -0.3 is 20.9 Å². The van der Waals surface area contributed by atoms with E-state index in [2.05, 4.69) is 10.3 Å². The van der Waals surface area contributed by atoms with Gasteiger partial charge in [0.25, 0.3) is 0 Å². The quantitative estimate of drug-likeness (QED) is 0.567. The summed E-state index contributed by atoms with van der Waals surface area (Å²) in [5.41, 5.74) is 7.06. The molecule has 0 saturated carbocycles. The second-order valence-electron chi connectivity index (χ2n) is 2.79. The molecule has 5 heteroatoms. The minimum absolute atomic E-state index is 0.101. The molecule has 0 aromatic carbocycles. The Morgan fingerprint density at radius 3 is 3.00 bits per heavy atom. The molecule has 78 valence electrons. The SMILES string of the molecule is COc1ccc(N)c(CNCCO)n1. The van der Waals surface area contributed by atoms with Crippen molar-refractivity contribution in [2.45, 2.75) is 6.54 Å². The van der Waals surface area contributed by atoms with Gasteiger partial charge in [-0.3, -0.25) is 0 Å². The second kappa shape index (κ2) is 5.41. The van der Waals surface area contributed by atoms with Gasteiger partial charge in [-0.25, -0.2) is 4.98 Å². The van der Waals surface area contributed by atoms with Crippen molar-refractivity contribution in [1.82, 2.24) is 10.3 Å². The molecule has 1 aromatic rings. The van der Waals surface area contributed by atoms with Crippen LogP contribution in [0.1, 0.15) is 5.69 Å². The van der Waals surface area contributed by atoms with Crippen LogP contribution in [0.25, 0.3) is 0 Å². The number of anilines is 1. The zero-order chi connectivity index (χ0) is 10.4. The lowest BCUT2D eigenvalue weighted by molar-refractivity contribution is 0.291. The minimum Gasteiger partial charge on any atom is -0.481 e. The van der Waals surface area contributed by atoms with E-state index in [0.29, 0.717) is 24.7 Å².